The monoisotopic (exact) mass is 249 g/mol. The minimum Gasteiger partial charge on any atom is -0.497 e. The van der Waals surface area contributed by atoms with Gasteiger partial charge in [0.25, 0.3) is 0 Å². The summed E-state index contributed by atoms with van der Waals surface area (Å²) in [6.07, 6.45) is 4.75. The molecule has 1 aromatic carbocycles. The summed E-state index contributed by atoms with van der Waals surface area (Å²) in [5.41, 5.74) is 2.65. The molecule has 1 N–H and O–H groups in total. The van der Waals surface area contributed by atoms with E-state index in [4.69, 9.17) is 9.47 Å². The highest BCUT2D eigenvalue weighted by molar-refractivity contribution is 5.34. The van der Waals surface area contributed by atoms with Crippen molar-refractivity contribution >= 4 is 0 Å². The van der Waals surface area contributed by atoms with Gasteiger partial charge < -0.3 is 14.8 Å². The van der Waals surface area contributed by atoms with Crippen molar-refractivity contribution < 1.29 is 9.47 Å². The van der Waals surface area contributed by atoms with E-state index < -0.39 is 0 Å². The zero-order valence-electron chi connectivity index (χ0n) is 11.4. The van der Waals surface area contributed by atoms with Crippen LogP contribution in [0, 0.1) is 0 Å². The van der Waals surface area contributed by atoms with Crippen molar-refractivity contribution in [1.29, 1.82) is 0 Å². The fourth-order valence-corrected chi connectivity index (χ4v) is 2.06. The van der Waals surface area contributed by atoms with Crippen LogP contribution in [0.15, 0.2) is 18.2 Å². The van der Waals surface area contributed by atoms with E-state index in [-0.39, 0.29) is 0 Å². The lowest BCUT2D eigenvalue weighted by Gasteiger charge is -2.10. The van der Waals surface area contributed by atoms with Gasteiger partial charge in [-0.3, -0.25) is 0 Å². The standard InChI is InChI=1S/C15H23NO2/c1-17-7-3-4-12-8-13(10-15(9-12)18-2)11-16-14-5-6-14/h8-10,14,16H,3-7,11H2,1-2H3. The highest BCUT2D eigenvalue weighted by atomic mass is 16.5. The van der Waals surface area contributed by atoms with Crippen molar-refractivity contribution in [3.8, 4) is 5.75 Å². The topological polar surface area (TPSA) is 30.5 Å². The molecule has 100 valence electrons. The maximum Gasteiger partial charge on any atom is 0.119 e. The van der Waals surface area contributed by atoms with Gasteiger partial charge in [-0.05, 0) is 48.9 Å². The molecule has 1 fully saturated rings. The molecule has 0 amide bonds. The number of rotatable bonds is 8. The van der Waals surface area contributed by atoms with Crippen molar-refractivity contribution in [2.24, 2.45) is 0 Å². The van der Waals surface area contributed by atoms with Gasteiger partial charge in [-0.1, -0.05) is 6.07 Å². The summed E-state index contributed by atoms with van der Waals surface area (Å²) in [6.45, 7) is 1.76. The molecule has 0 atom stereocenters. The number of benzene rings is 1. The van der Waals surface area contributed by atoms with E-state index in [1.807, 2.05) is 0 Å². The fourth-order valence-electron chi connectivity index (χ4n) is 2.06. The second-order valence-corrected chi connectivity index (χ2v) is 4.94. The normalized spacial score (nSPS) is 14.8. The molecule has 3 heteroatoms. The number of aryl methyl sites for hydroxylation is 1. The molecule has 1 saturated carbocycles. The third-order valence-electron chi connectivity index (χ3n) is 3.25. The average molecular weight is 249 g/mol. The van der Waals surface area contributed by atoms with Crippen LogP contribution in [-0.4, -0.2) is 26.9 Å². The van der Waals surface area contributed by atoms with Gasteiger partial charge in [0.15, 0.2) is 0 Å². The minimum atomic E-state index is 0.744. The molecule has 0 saturated heterocycles. The molecule has 2 rings (SSSR count). The molecular formula is C15H23NO2. The average Bonchev–Trinajstić information content (AvgIpc) is 3.20. The van der Waals surface area contributed by atoms with Crippen LogP contribution in [0.25, 0.3) is 0 Å². The highest BCUT2D eigenvalue weighted by Gasteiger charge is 2.20. The first-order chi connectivity index (χ1) is 8.81. The lowest BCUT2D eigenvalue weighted by molar-refractivity contribution is 0.195. The molecule has 0 spiro atoms. The van der Waals surface area contributed by atoms with Crippen LogP contribution in [0.1, 0.15) is 30.4 Å². The second-order valence-electron chi connectivity index (χ2n) is 4.94. The zero-order valence-corrected chi connectivity index (χ0v) is 11.4. The number of hydrogen-bond acceptors (Lipinski definition) is 3. The van der Waals surface area contributed by atoms with Crippen molar-refractivity contribution in [3.05, 3.63) is 29.3 Å². The predicted octanol–water partition coefficient (Wildman–Crippen LogP) is 2.53. The van der Waals surface area contributed by atoms with Crippen LogP contribution in [0.2, 0.25) is 0 Å². The van der Waals surface area contributed by atoms with Gasteiger partial charge in [-0.15, -0.1) is 0 Å². The lowest BCUT2D eigenvalue weighted by Crippen LogP contribution is -2.15. The Morgan fingerprint density at radius 2 is 1.94 bits per heavy atom. The van der Waals surface area contributed by atoms with E-state index in [0.29, 0.717) is 0 Å². The molecule has 0 radical (unpaired) electrons. The maximum atomic E-state index is 5.37. The van der Waals surface area contributed by atoms with E-state index >= 15 is 0 Å². The van der Waals surface area contributed by atoms with Gasteiger partial charge in [0.1, 0.15) is 5.75 Å². The Morgan fingerprint density at radius 3 is 2.61 bits per heavy atom. The molecule has 18 heavy (non-hydrogen) atoms. The number of hydrogen-bond donors (Lipinski definition) is 1. The Morgan fingerprint density at radius 1 is 1.17 bits per heavy atom. The molecule has 0 unspecified atom stereocenters. The summed E-state index contributed by atoms with van der Waals surface area (Å²) < 4.78 is 10.5. The molecule has 1 aliphatic rings. The van der Waals surface area contributed by atoms with Crippen LogP contribution in [0.4, 0.5) is 0 Å². The van der Waals surface area contributed by atoms with Crippen LogP contribution in [0.3, 0.4) is 0 Å². The first-order valence-electron chi connectivity index (χ1n) is 6.71. The molecular weight excluding hydrogens is 226 g/mol. The summed E-state index contributed by atoms with van der Waals surface area (Å²) in [4.78, 5) is 0. The summed E-state index contributed by atoms with van der Waals surface area (Å²) >= 11 is 0. The lowest BCUT2D eigenvalue weighted by atomic mass is 10.1. The minimum absolute atomic E-state index is 0.744. The molecule has 3 nitrogen and oxygen atoms in total. The fraction of sp³-hybridized carbons (Fsp3) is 0.600. The maximum absolute atomic E-state index is 5.37. The third kappa shape index (κ3) is 4.31. The summed E-state index contributed by atoms with van der Waals surface area (Å²) in [6, 6.07) is 7.26. The largest absolute Gasteiger partial charge is 0.497 e. The van der Waals surface area contributed by atoms with E-state index in [1.165, 1.54) is 24.0 Å². The zero-order chi connectivity index (χ0) is 12.8. The SMILES string of the molecule is COCCCc1cc(CNC2CC2)cc(OC)c1. The Hall–Kier alpha value is -1.06. The highest BCUT2D eigenvalue weighted by Crippen LogP contribution is 2.22. The summed E-state index contributed by atoms with van der Waals surface area (Å²) in [5, 5.41) is 3.54. The number of nitrogens with one attached hydrogen (secondary N) is 1. The van der Waals surface area contributed by atoms with Gasteiger partial charge in [0, 0.05) is 26.3 Å². The molecule has 0 heterocycles. The summed E-state index contributed by atoms with van der Waals surface area (Å²) in [7, 11) is 3.48. The van der Waals surface area contributed by atoms with E-state index in [2.05, 4.69) is 23.5 Å². The second kappa shape index (κ2) is 6.76. The first-order valence-corrected chi connectivity index (χ1v) is 6.71. The number of methoxy groups -OCH3 is 2. The van der Waals surface area contributed by atoms with Crippen LogP contribution < -0.4 is 10.1 Å². The summed E-state index contributed by atoms with van der Waals surface area (Å²) in [5.74, 6) is 0.956. The van der Waals surface area contributed by atoms with Crippen LogP contribution in [-0.2, 0) is 17.7 Å². The quantitative estimate of drug-likeness (QED) is 0.718. The van der Waals surface area contributed by atoms with Gasteiger partial charge >= 0.3 is 0 Å². The number of ether oxygens (including phenoxy) is 2. The van der Waals surface area contributed by atoms with Gasteiger partial charge in [0.2, 0.25) is 0 Å². The van der Waals surface area contributed by atoms with Gasteiger partial charge in [-0.2, -0.15) is 0 Å². The Labute approximate surface area is 109 Å². The van der Waals surface area contributed by atoms with Crippen LogP contribution in [0.5, 0.6) is 5.75 Å². The molecule has 0 aromatic heterocycles. The first kappa shape index (κ1) is 13.4. The third-order valence-corrected chi connectivity index (χ3v) is 3.25. The van der Waals surface area contributed by atoms with Crippen molar-refractivity contribution in [2.45, 2.75) is 38.3 Å². The van der Waals surface area contributed by atoms with E-state index in [9.17, 15) is 0 Å². The molecule has 1 aliphatic carbocycles. The molecule has 1 aromatic rings. The van der Waals surface area contributed by atoms with E-state index in [0.717, 1.165) is 37.8 Å². The van der Waals surface area contributed by atoms with E-state index in [1.54, 1.807) is 14.2 Å². The Kier molecular flexibility index (Phi) is 5.02. The molecule has 0 bridgehead atoms. The predicted molar refractivity (Wildman–Crippen MR) is 73.1 cm³/mol. The van der Waals surface area contributed by atoms with Crippen molar-refractivity contribution in [2.75, 3.05) is 20.8 Å². The Balaban J connectivity index is 1.95. The smallest absolute Gasteiger partial charge is 0.119 e. The van der Waals surface area contributed by atoms with Crippen LogP contribution >= 0.6 is 0 Å². The van der Waals surface area contributed by atoms with Crippen molar-refractivity contribution in [1.82, 2.24) is 5.32 Å². The molecule has 0 aliphatic heterocycles. The Bertz CT molecular complexity index is 375. The van der Waals surface area contributed by atoms with Gasteiger partial charge in [-0.25, -0.2) is 0 Å². The van der Waals surface area contributed by atoms with Gasteiger partial charge in [0.05, 0.1) is 7.11 Å². The van der Waals surface area contributed by atoms with Crippen molar-refractivity contribution in [3.63, 3.8) is 0 Å².